The van der Waals surface area contributed by atoms with Gasteiger partial charge in [-0.25, -0.2) is 0 Å². The lowest BCUT2D eigenvalue weighted by atomic mass is 10.2. The van der Waals surface area contributed by atoms with E-state index in [2.05, 4.69) is 5.32 Å². The number of thiocarbonyl (C=S) groups is 1. The van der Waals surface area contributed by atoms with Gasteiger partial charge in [0.25, 0.3) is 0 Å². The van der Waals surface area contributed by atoms with Gasteiger partial charge in [-0.3, -0.25) is 15.5 Å². The van der Waals surface area contributed by atoms with Crippen molar-refractivity contribution in [3.63, 3.8) is 0 Å². The number of hydroxylamine groups is 1. The van der Waals surface area contributed by atoms with Gasteiger partial charge in [0.1, 0.15) is 10.7 Å². The highest BCUT2D eigenvalue weighted by atomic mass is 32.1. The molecule has 5 nitrogen and oxygen atoms in total. The van der Waals surface area contributed by atoms with Crippen LogP contribution in [0.5, 0.6) is 5.75 Å². The molecular weight excluding hydrogens is 336 g/mol. The molecule has 0 saturated heterocycles. The molecule has 0 heterocycles. The Morgan fingerprint density at radius 2 is 1.84 bits per heavy atom. The van der Waals surface area contributed by atoms with Gasteiger partial charge in [-0.05, 0) is 42.3 Å². The molecule has 3 N–H and O–H groups in total. The van der Waals surface area contributed by atoms with Crippen LogP contribution in [-0.4, -0.2) is 29.3 Å². The highest BCUT2D eigenvalue weighted by Crippen LogP contribution is 2.12. The van der Waals surface area contributed by atoms with Gasteiger partial charge in [-0.2, -0.15) is 0 Å². The molecule has 1 amide bonds. The monoisotopic (exact) mass is 356 g/mol. The third-order valence-electron chi connectivity index (χ3n) is 3.33. The Balaban J connectivity index is 1.63. The predicted octanol–water partition coefficient (Wildman–Crippen LogP) is 2.94. The zero-order valence-corrected chi connectivity index (χ0v) is 14.5. The highest BCUT2D eigenvalue weighted by molar-refractivity contribution is 7.80. The lowest BCUT2D eigenvalue weighted by Gasteiger charge is -2.08. The maximum atomic E-state index is 11.7. The van der Waals surface area contributed by atoms with Crippen LogP contribution in [-0.2, 0) is 4.79 Å². The largest absolute Gasteiger partial charge is 0.494 e. The van der Waals surface area contributed by atoms with Crippen molar-refractivity contribution < 1.29 is 14.7 Å². The minimum Gasteiger partial charge on any atom is -0.494 e. The smallest absolute Gasteiger partial charge is 0.244 e. The summed E-state index contributed by atoms with van der Waals surface area (Å²) in [5.41, 5.74) is 3.63. The molecule has 0 atom stereocenters. The number of amides is 1. The van der Waals surface area contributed by atoms with Crippen molar-refractivity contribution in [1.82, 2.24) is 10.8 Å². The van der Waals surface area contributed by atoms with Crippen molar-refractivity contribution in [1.29, 1.82) is 0 Å². The van der Waals surface area contributed by atoms with Crippen LogP contribution in [0.1, 0.15) is 17.5 Å². The van der Waals surface area contributed by atoms with Crippen molar-refractivity contribution in [3.8, 4) is 5.75 Å². The Morgan fingerprint density at radius 1 is 1.12 bits per heavy atom. The molecule has 0 bridgehead atoms. The Kier molecular flexibility index (Phi) is 7.62. The Hall–Kier alpha value is -2.70. The Morgan fingerprint density at radius 3 is 2.52 bits per heavy atom. The van der Waals surface area contributed by atoms with Gasteiger partial charge in [0.15, 0.2) is 0 Å². The lowest BCUT2D eigenvalue weighted by Crippen LogP contribution is -2.23. The summed E-state index contributed by atoms with van der Waals surface area (Å²) in [5.74, 6) is 0.581. The van der Waals surface area contributed by atoms with E-state index in [1.807, 2.05) is 35.8 Å². The second kappa shape index (κ2) is 10.2. The predicted molar refractivity (Wildman–Crippen MR) is 102 cm³/mol. The highest BCUT2D eigenvalue weighted by Gasteiger charge is 2.00. The number of rotatable bonds is 8. The van der Waals surface area contributed by atoms with Crippen LogP contribution in [0.3, 0.4) is 0 Å². The van der Waals surface area contributed by atoms with Crippen LogP contribution < -0.4 is 15.5 Å². The van der Waals surface area contributed by atoms with E-state index in [0.717, 1.165) is 5.56 Å². The van der Waals surface area contributed by atoms with E-state index in [-0.39, 0.29) is 10.9 Å². The quantitative estimate of drug-likeness (QED) is 0.294. The summed E-state index contributed by atoms with van der Waals surface area (Å²) in [7, 11) is 0. The maximum absolute atomic E-state index is 11.7. The molecule has 0 aromatic heterocycles. The van der Waals surface area contributed by atoms with Gasteiger partial charge in [-0.15, -0.1) is 0 Å². The number of hydrogen-bond donors (Lipinski definition) is 3. The number of carbonyl (C=O) groups excluding carboxylic acids is 1. The zero-order chi connectivity index (χ0) is 17.9. The van der Waals surface area contributed by atoms with Crippen LogP contribution in [0.2, 0.25) is 0 Å². The average molecular weight is 356 g/mol. The van der Waals surface area contributed by atoms with Crippen LogP contribution in [0.4, 0.5) is 0 Å². The summed E-state index contributed by atoms with van der Waals surface area (Å²) >= 11 is 4.92. The molecule has 0 aliphatic carbocycles. The van der Waals surface area contributed by atoms with E-state index in [1.165, 1.54) is 6.08 Å². The molecule has 25 heavy (non-hydrogen) atoms. The topological polar surface area (TPSA) is 70.6 Å². The fourth-order valence-corrected chi connectivity index (χ4v) is 2.17. The standard InChI is InChI=1S/C19H20N2O3S/c22-18(12-7-15-5-2-1-3-6-15)20-13-4-14-24-17-10-8-16(9-11-17)19(25)21-23/h1-3,5-12,23H,4,13-14H2,(H,20,22)(H,21,25). The molecule has 6 heteroatoms. The van der Waals surface area contributed by atoms with Gasteiger partial charge >= 0.3 is 0 Å². The first-order valence-corrected chi connectivity index (χ1v) is 8.28. The van der Waals surface area contributed by atoms with E-state index in [9.17, 15) is 4.79 Å². The van der Waals surface area contributed by atoms with E-state index in [0.29, 0.717) is 30.9 Å². The molecule has 2 aromatic rings. The molecule has 130 valence electrons. The minimum atomic E-state index is -0.127. The number of hydrogen-bond acceptors (Lipinski definition) is 4. The van der Waals surface area contributed by atoms with E-state index >= 15 is 0 Å². The van der Waals surface area contributed by atoms with E-state index in [1.54, 1.807) is 30.3 Å². The van der Waals surface area contributed by atoms with Gasteiger partial charge in [-0.1, -0.05) is 42.5 Å². The first kappa shape index (κ1) is 18.6. The number of benzene rings is 2. The molecule has 0 fully saturated rings. The Labute approximate surface area is 152 Å². The molecule has 0 radical (unpaired) electrons. The number of nitrogens with one attached hydrogen (secondary N) is 2. The summed E-state index contributed by atoms with van der Waals surface area (Å²) in [6.45, 7) is 1.03. The SMILES string of the molecule is O=C(C=Cc1ccccc1)NCCCOc1ccc(C(=S)NO)cc1. The lowest BCUT2D eigenvalue weighted by molar-refractivity contribution is -0.116. The first-order valence-electron chi connectivity index (χ1n) is 7.87. The van der Waals surface area contributed by atoms with E-state index < -0.39 is 0 Å². The second-order valence-corrected chi connectivity index (χ2v) is 5.61. The molecule has 2 rings (SSSR count). The van der Waals surface area contributed by atoms with Crippen molar-refractivity contribution in [2.24, 2.45) is 0 Å². The minimum absolute atomic E-state index is 0.127. The van der Waals surface area contributed by atoms with Crippen molar-refractivity contribution in [2.45, 2.75) is 6.42 Å². The molecule has 0 aliphatic heterocycles. The normalized spacial score (nSPS) is 10.4. The van der Waals surface area contributed by atoms with Gasteiger partial charge in [0.05, 0.1) is 6.61 Å². The molecule has 2 aromatic carbocycles. The summed E-state index contributed by atoms with van der Waals surface area (Å²) in [6.07, 6.45) is 4.00. The van der Waals surface area contributed by atoms with Crippen LogP contribution in [0, 0.1) is 0 Å². The third-order valence-corrected chi connectivity index (χ3v) is 3.66. The van der Waals surface area contributed by atoms with Gasteiger partial charge < -0.3 is 10.1 Å². The van der Waals surface area contributed by atoms with Gasteiger partial charge in [0.2, 0.25) is 5.91 Å². The average Bonchev–Trinajstić information content (AvgIpc) is 2.67. The van der Waals surface area contributed by atoms with Crippen LogP contribution in [0.25, 0.3) is 6.08 Å². The van der Waals surface area contributed by atoms with Crippen molar-refractivity contribution in [2.75, 3.05) is 13.2 Å². The van der Waals surface area contributed by atoms with Crippen molar-refractivity contribution >= 4 is 29.2 Å². The summed E-state index contributed by atoms with van der Waals surface area (Å²) < 4.78 is 5.59. The van der Waals surface area contributed by atoms with Crippen LogP contribution in [0.15, 0.2) is 60.7 Å². The van der Waals surface area contributed by atoms with E-state index in [4.69, 9.17) is 22.2 Å². The molecule has 0 unspecified atom stereocenters. The Bertz CT molecular complexity index is 715. The molecule has 0 spiro atoms. The fourth-order valence-electron chi connectivity index (χ4n) is 2.04. The molecule has 0 aliphatic rings. The van der Waals surface area contributed by atoms with Gasteiger partial charge in [0, 0.05) is 18.2 Å². The van der Waals surface area contributed by atoms with Crippen molar-refractivity contribution in [3.05, 3.63) is 71.8 Å². The third kappa shape index (κ3) is 6.74. The molecule has 0 saturated carbocycles. The number of carbonyl (C=O) groups is 1. The zero-order valence-electron chi connectivity index (χ0n) is 13.6. The fraction of sp³-hybridized carbons (Fsp3) is 0.158. The summed E-state index contributed by atoms with van der Waals surface area (Å²) in [4.78, 5) is 12.0. The maximum Gasteiger partial charge on any atom is 0.244 e. The first-order chi connectivity index (χ1) is 12.2. The second-order valence-electron chi connectivity index (χ2n) is 5.20. The molecular formula is C19H20N2O3S. The number of ether oxygens (including phenoxy) is 1. The van der Waals surface area contributed by atoms with Crippen LogP contribution >= 0.6 is 12.2 Å². The summed E-state index contributed by atoms with van der Waals surface area (Å²) in [6, 6.07) is 16.7. The summed E-state index contributed by atoms with van der Waals surface area (Å²) in [5, 5.41) is 11.6.